The summed E-state index contributed by atoms with van der Waals surface area (Å²) in [6, 6.07) is 12.0. The Morgan fingerprint density at radius 2 is 1.87 bits per heavy atom. The van der Waals surface area contributed by atoms with E-state index in [1.807, 2.05) is 6.07 Å². The minimum Gasteiger partial charge on any atom is -0.288 e. The molecule has 8 heteroatoms. The first-order valence-corrected chi connectivity index (χ1v) is 9.89. The van der Waals surface area contributed by atoms with E-state index < -0.39 is 17.6 Å². The van der Waals surface area contributed by atoms with Crippen LogP contribution in [0.3, 0.4) is 0 Å². The lowest BCUT2D eigenvalue weighted by Crippen LogP contribution is -2.21. The van der Waals surface area contributed by atoms with E-state index >= 15 is 0 Å². The van der Waals surface area contributed by atoms with Crippen LogP contribution in [0.4, 0.5) is 13.2 Å². The highest BCUT2D eigenvalue weighted by Gasteiger charge is 2.30. The highest BCUT2D eigenvalue weighted by molar-refractivity contribution is 5.93. The van der Waals surface area contributed by atoms with Gasteiger partial charge >= 0.3 is 6.18 Å². The third kappa shape index (κ3) is 4.74. The van der Waals surface area contributed by atoms with Crippen LogP contribution in [0.2, 0.25) is 0 Å². The highest BCUT2D eigenvalue weighted by Crippen LogP contribution is 2.31. The number of carbonyl (C=O) groups is 1. The van der Waals surface area contributed by atoms with Crippen LogP contribution < -0.4 is 5.48 Å². The summed E-state index contributed by atoms with van der Waals surface area (Å²) < 4.78 is 38.3. The Bertz CT molecular complexity index is 1100. The van der Waals surface area contributed by atoms with Crippen LogP contribution >= 0.6 is 0 Å². The molecule has 0 saturated carbocycles. The van der Waals surface area contributed by atoms with Crippen molar-refractivity contribution in [2.75, 3.05) is 0 Å². The van der Waals surface area contributed by atoms with Gasteiger partial charge in [-0.1, -0.05) is 18.2 Å². The van der Waals surface area contributed by atoms with Gasteiger partial charge < -0.3 is 0 Å². The van der Waals surface area contributed by atoms with Gasteiger partial charge in [0, 0.05) is 23.7 Å². The fraction of sp³-hybridized carbons (Fsp3) is 0.261. The molecule has 31 heavy (non-hydrogen) atoms. The molecule has 3 aromatic rings. The number of aryl methyl sites for hydroxylation is 1. The molecule has 1 aromatic heterocycles. The molecule has 160 valence electrons. The molecule has 0 fully saturated rings. The molecule has 4 rings (SSSR count). The van der Waals surface area contributed by atoms with Gasteiger partial charge in [-0.25, -0.2) is 15.4 Å². The van der Waals surface area contributed by atoms with Gasteiger partial charge in [-0.05, 0) is 66.6 Å². The number of aromatic nitrogens is 2. The van der Waals surface area contributed by atoms with E-state index in [1.165, 1.54) is 17.7 Å². The summed E-state index contributed by atoms with van der Waals surface area (Å²) in [5.41, 5.74) is 4.80. The summed E-state index contributed by atoms with van der Waals surface area (Å²) in [6.07, 6.45) is 0.465. The van der Waals surface area contributed by atoms with Crippen molar-refractivity contribution in [1.29, 1.82) is 0 Å². The van der Waals surface area contributed by atoms with E-state index in [1.54, 1.807) is 29.9 Å². The molecule has 1 unspecified atom stereocenters. The van der Waals surface area contributed by atoms with Gasteiger partial charge in [0.1, 0.15) is 5.82 Å². The number of carbonyl (C=O) groups excluding carboxylic acids is 1. The average molecular weight is 427 g/mol. The second-order valence-electron chi connectivity index (χ2n) is 7.67. The van der Waals surface area contributed by atoms with Crippen molar-refractivity contribution in [3.8, 4) is 11.3 Å². The number of fused-ring (bicyclic) bond motifs is 1. The van der Waals surface area contributed by atoms with E-state index in [2.05, 4.69) is 9.97 Å². The SMILES string of the molecule is O=C(NO)c1ccc2c(c1)CC(Cc1nccc(-c3ccc(C(F)(F)F)cc3)n1)CC2. The van der Waals surface area contributed by atoms with Crippen LogP contribution in [0.5, 0.6) is 0 Å². The Morgan fingerprint density at radius 1 is 1.10 bits per heavy atom. The molecular formula is C23H20F3N3O2. The first-order chi connectivity index (χ1) is 14.8. The lowest BCUT2D eigenvalue weighted by atomic mass is 9.81. The number of benzene rings is 2. The molecule has 2 aromatic carbocycles. The van der Waals surface area contributed by atoms with Crippen LogP contribution in [0.25, 0.3) is 11.3 Å². The summed E-state index contributed by atoms with van der Waals surface area (Å²) in [7, 11) is 0. The zero-order chi connectivity index (χ0) is 22.0. The van der Waals surface area contributed by atoms with Gasteiger partial charge in [-0.3, -0.25) is 10.0 Å². The standard InChI is InChI=1S/C23H20F3N3O2/c24-23(25,26)19-7-5-16(6-8-19)20-9-10-27-21(28-20)12-14-1-2-15-3-4-17(22(30)29-31)13-18(15)11-14/h3-10,13-14,31H,1-2,11-12H2,(H,29,30). The maximum Gasteiger partial charge on any atom is 0.416 e. The lowest BCUT2D eigenvalue weighted by molar-refractivity contribution is -0.137. The molecule has 1 heterocycles. The number of nitrogens with zero attached hydrogens (tertiary/aromatic N) is 2. The van der Waals surface area contributed by atoms with Gasteiger partial charge in [0.15, 0.2) is 0 Å². The number of halogens is 3. The van der Waals surface area contributed by atoms with Crippen molar-refractivity contribution in [3.63, 3.8) is 0 Å². The third-order valence-corrected chi connectivity index (χ3v) is 5.59. The van der Waals surface area contributed by atoms with Crippen molar-refractivity contribution in [2.24, 2.45) is 5.92 Å². The van der Waals surface area contributed by atoms with Crippen LogP contribution in [0.1, 0.15) is 39.3 Å². The Morgan fingerprint density at radius 3 is 2.58 bits per heavy atom. The minimum atomic E-state index is -4.37. The quantitative estimate of drug-likeness (QED) is 0.470. The minimum absolute atomic E-state index is 0.280. The molecule has 0 saturated heterocycles. The van der Waals surface area contributed by atoms with Crippen molar-refractivity contribution in [2.45, 2.75) is 31.9 Å². The number of amides is 1. The average Bonchev–Trinajstić information content (AvgIpc) is 2.78. The Balaban J connectivity index is 1.49. The summed E-state index contributed by atoms with van der Waals surface area (Å²) in [5.74, 6) is 0.371. The molecular weight excluding hydrogens is 407 g/mol. The van der Waals surface area contributed by atoms with Crippen molar-refractivity contribution < 1.29 is 23.2 Å². The molecule has 1 amide bonds. The molecule has 2 N–H and O–H groups in total. The van der Waals surface area contributed by atoms with Crippen LogP contribution in [-0.2, 0) is 25.4 Å². The maximum absolute atomic E-state index is 12.8. The zero-order valence-electron chi connectivity index (χ0n) is 16.5. The first-order valence-electron chi connectivity index (χ1n) is 9.89. The summed E-state index contributed by atoms with van der Waals surface area (Å²) in [5, 5.41) is 8.84. The molecule has 1 aliphatic rings. The molecule has 0 spiro atoms. The molecule has 1 atom stereocenters. The maximum atomic E-state index is 12.8. The van der Waals surface area contributed by atoms with E-state index in [0.717, 1.165) is 37.0 Å². The molecule has 0 bridgehead atoms. The Labute approximate surface area is 176 Å². The largest absolute Gasteiger partial charge is 0.416 e. The van der Waals surface area contributed by atoms with E-state index in [0.29, 0.717) is 29.1 Å². The van der Waals surface area contributed by atoms with E-state index in [-0.39, 0.29) is 5.92 Å². The fourth-order valence-electron chi connectivity index (χ4n) is 3.96. The lowest BCUT2D eigenvalue weighted by Gasteiger charge is -2.24. The summed E-state index contributed by atoms with van der Waals surface area (Å²) in [6.45, 7) is 0. The number of hydrogen-bond donors (Lipinski definition) is 2. The monoisotopic (exact) mass is 427 g/mol. The van der Waals surface area contributed by atoms with Gasteiger partial charge in [0.05, 0.1) is 11.3 Å². The van der Waals surface area contributed by atoms with Gasteiger partial charge in [0.2, 0.25) is 0 Å². The van der Waals surface area contributed by atoms with Crippen LogP contribution in [0, 0.1) is 5.92 Å². The highest BCUT2D eigenvalue weighted by atomic mass is 19.4. The summed E-state index contributed by atoms with van der Waals surface area (Å²) in [4.78, 5) is 20.6. The van der Waals surface area contributed by atoms with Crippen LogP contribution in [-0.4, -0.2) is 21.1 Å². The number of rotatable bonds is 4. The third-order valence-electron chi connectivity index (χ3n) is 5.59. The normalized spacial score (nSPS) is 15.9. The van der Waals surface area contributed by atoms with Gasteiger partial charge in [-0.15, -0.1) is 0 Å². The predicted octanol–water partition coefficient (Wildman–Crippen LogP) is 4.63. The van der Waals surface area contributed by atoms with Crippen molar-refractivity contribution in [1.82, 2.24) is 15.4 Å². The molecule has 5 nitrogen and oxygen atoms in total. The number of hydroxylamine groups is 1. The van der Waals surface area contributed by atoms with Gasteiger partial charge in [0.25, 0.3) is 5.91 Å². The van der Waals surface area contributed by atoms with Crippen molar-refractivity contribution >= 4 is 5.91 Å². The fourth-order valence-corrected chi connectivity index (χ4v) is 3.96. The van der Waals surface area contributed by atoms with E-state index in [9.17, 15) is 18.0 Å². The number of alkyl halides is 3. The number of hydrogen-bond acceptors (Lipinski definition) is 4. The second kappa shape index (κ2) is 8.47. The molecule has 0 radical (unpaired) electrons. The van der Waals surface area contributed by atoms with E-state index in [4.69, 9.17) is 5.21 Å². The Hall–Kier alpha value is -3.26. The number of nitrogens with one attached hydrogen (secondary N) is 1. The van der Waals surface area contributed by atoms with Crippen LogP contribution in [0.15, 0.2) is 54.7 Å². The predicted molar refractivity (Wildman–Crippen MR) is 107 cm³/mol. The summed E-state index contributed by atoms with van der Waals surface area (Å²) >= 11 is 0. The molecule has 1 aliphatic carbocycles. The topological polar surface area (TPSA) is 75.1 Å². The molecule has 0 aliphatic heterocycles. The Kier molecular flexibility index (Phi) is 5.73. The zero-order valence-corrected chi connectivity index (χ0v) is 16.5. The van der Waals surface area contributed by atoms with Crippen molar-refractivity contribution in [3.05, 3.63) is 82.8 Å². The second-order valence-corrected chi connectivity index (χ2v) is 7.67. The van der Waals surface area contributed by atoms with Gasteiger partial charge in [-0.2, -0.15) is 13.2 Å². The smallest absolute Gasteiger partial charge is 0.288 e. The first kappa shape index (κ1) is 21.0.